The Morgan fingerprint density at radius 2 is 0.868 bits per heavy atom. The van der Waals surface area contributed by atoms with Crippen LogP contribution in [-0.2, 0) is 12.8 Å². The van der Waals surface area contributed by atoms with Crippen molar-refractivity contribution in [2.45, 2.75) is 52.4 Å². The number of benzene rings is 4. The van der Waals surface area contributed by atoms with Crippen LogP contribution in [0.2, 0.25) is 0 Å². The van der Waals surface area contributed by atoms with E-state index in [4.69, 9.17) is 8.83 Å². The minimum absolute atomic E-state index is 0.860. The van der Waals surface area contributed by atoms with Crippen molar-refractivity contribution >= 4 is 64.6 Å². The van der Waals surface area contributed by atoms with Gasteiger partial charge in [-0.15, -0.1) is 0 Å². The lowest BCUT2D eigenvalue weighted by Gasteiger charge is -2.02. The van der Waals surface area contributed by atoms with Crippen molar-refractivity contribution < 1.29 is 8.83 Å². The molecule has 0 aliphatic carbocycles. The Hall–Kier alpha value is -2.82. The summed E-state index contributed by atoms with van der Waals surface area (Å²) in [5, 5.41) is 4.22. The molecule has 0 aliphatic heterocycles. The normalized spacial score (nSPS) is 11.8. The SMILES string of the molecule is CCCCc1ccc(-c2oc3c(ccc4c3ccc3c(Br)c(-c5ccc(CCCC)cc5)oc34)c2Br)cc1. The molecule has 2 heterocycles. The molecule has 0 fully saturated rings. The van der Waals surface area contributed by atoms with Gasteiger partial charge in [0.2, 0.25) is 0 Å². The van der Waals surface area contributed by atoms with Crippen LogP contribution in [-0.4, -0.2) is 0 Å². The van der Waals surface area contributed by atoms with E-state index >= 15 is 0 Å². The van der Waals surface area contributed by atoms with E-state index in [1.54, 1.807) is 0 Å². The minimum Gasteiger partial charge on any atom is -0.454 e. The molecule has 0 atom stereocenters. The quantitative estimate of drug-likeness (QED) is 0.167. The topological polar surface area (TPSA) is 26.3 Å². The van der Waals surface area contributed by atoms with Gasteiger partial charge in [-0.05, 0) is 92.9 Å². The van der Waals surface area contributed by atoms with Gasteiger partial charge in [-0.1, -0.05) is 75.2 Å². The van der Waals surface area contributed by atoms with Crippen molar-refractivity contribution in [1.82, 2.24) is 0 Å². The molecule has 0 spiro atoms. The second kappa shape index (κ2) is 10.7. The number of halogens is 2. The number of fused-ring (bicyclic) bond motifs is 5. The Morgan fingerprint density at radius 3 is 1.24 bits per heavy atom. The van der Waals surface area contributed by atoms with E-state index in [-0.39, 0.29) is 0 Å². The maximum Gasteiger partial charge on any atom is 0.149 e. The molecular weight excluding hydrogens is 600 g/mol. The average molecular weight is 630 g/mol. The summed E-state index contributed by atoms with van der Waals surface area (Å²) in [6, 6.07) is 26.1. The highest BCUT2D eigenvalue weighted by Crippen LogP contribution is 2.45. The first-order chi connectivity index (χ1) is 18.6. The van der Waals surface area contributed by atoms with Crippen LogP contribution in [0.25, 0.3) is 55.4 Å². The third-order valence-corrected chi connectivity index (χ3v) is 9.03. The summed E-state index contributed by atoms with van der Waals surface area (Å²) >= 11 is 7.66. The zero-order valence-corrected chi connectivity index (χ0v) is 24.9. The molecule has 2 nitrogen and oxygen atoms in total. The molecule has 0 N–H and O–H groups in total. The number of hydrogen-bond donors (Lipinski definition) is 0. The van der Waals surface area contributed by atoms with Crippen LogP contribution in [0.4, 0.5) is 0 Å². The summed E-state index contributed by atoms with van der Waals surface area (Å²) in [7, 11) is 0. The first-order valence-corrected chi connectivity index (χ1v) is 15.1. The van der Waals surface area contributed by atoms with Crippen LogP contribution in [0.5, 0.6) is 0 Å². The standard InChI is InChI=1S/C34H30Br2O2/c1-3-5-7-21-9-13-23(14-10-21)31-29(35)27-19-17-26-25(33(27)37-31)18-20-28-30(36)32(38-34(26)28)24-15-11-22(12-16-24)8-6-4-2/h9-20H,3-8H2,1-2H3. The molecule has 192 valence electrons. The average Bonchev–Trinajstić information content (AvgIpc) is 3.48. The van der Waals surface area contributed by atoms with Gasteiger partial charge in [-0.3, -0.25) is 0 Å². The first-order valence-electron chi connectivity index (χ1n) is 13.5. The fourth-order valence-corrected chi connectivity index (χ4v) is 6.48. The Morgan fingerprint density at radius 1 is 0.500 bits per heavy atom. The molecule has 0 radical (unpaired) electrons. The van der Waals surface area contributed by atoms with Crippen molar-refractivity contribution in [2.75, 3.05) is 0 Å². The van der Waals surface area contributed by atoms with E-state index in [2.05, 4.69) is 119 Å². The van der Waals surface area contributed by atoms with Gasteiger partial charge in [0.05, 0.1) is 8.95 Å². The van der Waals surface area contributed by atoms with Crippen molar-refractivity contribution in [3.8, 4) is 22.6 Å². The molecule has 0 saturated carbocycles. The third-order valence-electron chi connectivity index (χ3n) is 7.45. The monoisotopic (exact) mass is 628 g/mol. The molecule has 0 unspecified atom stereocenters. The second-order valence-electron chi connectivity index (χ2n) is 10.1. The maximum atomic E-state index is 6.53. The highest BCUT2D eigenvalue weighted by Gasteiger charge is 2.20. The summed E-state index contributed by atoms with van der Waals surface area (Å²) < 4.78 is 15.0. The Bertz CT molecular complexity index is 1610. The van der Waals surface area contributed by atoms with Gasteiger partial charge in [0.25, 0.3) is 0 Å². The van der Waals surface area contributed by atoms with Gasteiger partial charge < -0.3 is 8.83 Å². The van der Waals surface area contributed by atoms with Crippen molar-refractivity contribution in [1.29, 1.82) is 0 Å². The fourth-order valence-electron chi connectivity index (χ4n) is 5.23. The smallest absolute Gasteiger partial charge is 0.149 e. The lowest BCUT2D eigenvalue weighted by Crippen LogP contribution is -1.84. The van der Waals surface area contributed by atoms with Crippen LogP contribution in [0.3, 0.4) is 0 Å². The number of rotatable bonds is 8. The van der Waals surface area contributed by atoms with E-state index in [0.29, 0.717) is 0 Å². The largest absolute Gasteiger partial charge is 0.454 e. The van der Waals surface area contributed by atoms with Gasteiger partial charge in [-0.2, -0.15) is 0 Å². The summed E-state index contributed by atoms with van der Waals surface area (Å²) in [6.07, 6.45) is 7.06. The van der Waals surface area contributed by atoms with Gasteiger partial charge in [0.1, 0.15) is 22.7 Å². The third kappa shape index (κ3) is 4.52. The van der Waals surface area contributed by atoms with E-state index < -0.39 is 0 Å². The van der Waals surface area contributed by atoms with Crippen LogP contribution >= 0.6 is 31.9 Å². The Kier molecular flexibility index (Phi) is 7.20. The molecule has 0 amide bonds. The van der Waals surface area contributed by atoms with Crippen molar-refractivity contribution in [2.24, 2.45) is 0 Å². The van der Waals surface area contributed by atoms with Crippen molar-refractivity contribution in [3.63, 3.8) is 0 Å². The van der Waals surface area contributed by atoms with Gasteiger partial charge in [-0.25, -0.2) is 0 Å². The number of aryl methyl sites for hydroxylation is 2. The number of unbranched alkanes of at least 4 members (excludes halogenated alkanes) is 2. The predicted molar refractivity (Wildman–Crippen MR) is 167 cm³/mol. The highest BCUT2D eigenvalue weighted by atomic mass is 79.9. The maximum absolute atomic E-state index is 6.53. The van der Waals surface area contributed by atoms with Gasteiger partial charge in [0, 0.05) is 32.7 Å². The highest BCUT2D eigenvalue weighted by molar-refractivity contribution is 9.11. The van der Waals surface area contributed by atoms with E-state index in [1.165, 1.54) is 36.8 Å². The molecule has 0 saturated heterocycles. The summed E-state index contributed by atoms with van der Waals surface area (Å²) in [6.45, 7) is 4.46. The minimum atomic E-state index is 0.860. The van der Waals surface area contributed by atoms with E-state index in [9.17, 15) is 0 Å². The zero-order chi connectivity index (χ0) is 26.2. The molecule has 2 aromatic heterocycles. The molecule has 6 aromatic rings. The summed E-state index contributed by atoms with van der Waals surface area (Å²) in [5.74, 6) is 1.72. The number of hydrogen-bond acceptors (Lipinski definition) is 2. The Balaban J connectivity index is 1.42. The van der Waals surface area contributed by atoms with Crippen LogP contribution in [0.15, 0.2) is 90.6 Å². The summed E-state index contributed by atoms with van der Waals surface area (Å²) in [5.41, 5.74) is 6.63. The van der Waals surface area contributed by atoms with Gasteiger partial charge in [0.15, 0.2) is 0 Å². The molecule has 38 heavy (non-hydrogen) atoms. The molecule has 0 aliphatic rings. The predicted octanol–water partition coefficient (Wildman–Crippen LogP) is 11.9. The molecule has 6 rings (SSSR count). The Labute approximate surface area is 240 Å². The van der Waals surface area contributed by atoms with Crippen LogP contribution in [0.1, 0.15) is 50.7 Å². The fraction of sp³-hybridized carbons (Fsp3) is 0.235. The second-order valence-corrected chi connectivity index (χ2v) is 11.7. The first kappa shape index (κ1) is 25.5. The molecule has 4 heteroatoms. The zero-order valence-electron chi connectivity index (χ0n) is 21.7. The lowest BCUT2D eigenvalue weighted by atomic mass is 10.0. The molecular formula is C34H30Br2O2. The van der Waals surface area contributed by atoms with Crippen LogP contribution < -0.4 is 0 Å². The van der Waals surface area contributed by atoms with Crippen molar-refractivity contribution in [3.05, 3.63) is 92.9 Å². The summed E-state index contributed by atoms with van der Waals surface area (Å²) in [4.78, 5) is 0. The number of furan rings is 2. The molecule has 4 aromatic carbocycles. The lowest BCUT2D eigenvalue weighted by molar-refractivity contribution is 0.630. The van der Waals surface area contributed by atoms with Gasteiger partial charge >= 0.3 is 0 Å². The van der Waals surface area contributed by atoms with Crippen LogP contribution in [0, 0.1) is 0 Å². The van der Waals surface area contributed by atoms with E-state index in [0.717, 1.165) is 77.1 Å². The molecule has 0 bridgehead atoms. The van der Waals surface area contributed by atoms with E-state index in [1.807, 2.05) is 0 Å².